The Hall–Kier alpha value is -3.51. The largest absolute Gasteiger partial charge is 0.496 e. The summed E-state index contributed by atoms with van der Waals surface area (Å²) < 4.78 is 10.3. The van der Waals surface area contributed by atoms with Crippen molar-refractivity contribution in [2.45, 2.75) is 25.4 Å². The van der Waals surface area contributed by atoms with E-state index in [1.165, 1.54) is 0 Å². The highest BCUT2D eigenvalue weighted by Gasteiger charge is 2.41. The van der Waals surface area contributed by atoms with E-state index in [9.17, 15) is 9.59 Å². The number of carbonyl (C=O) groups is 2. The zero-order valence-corrected chi connectivity index (χ0v) is 15.6. The van der Waals surface area contributed by atoms with Gasteiger partial charge in [0.15, 0.2) is 0 Å². The van der Waals surface area contributed by atoms with Crippen molar-refractivity contribution >= 4 is 12.0 Å². The van der Waals surface area contributed by atoms with Crippen LogP contribution in [0.15, 0.2) is 53.6 Å². The molecule has 2 amide bonds. The molecule has 0 aromatic heterocycles. The number of imide groups is 1. The number of azide groups is 1. The van der Waals surface area contributed by atoms with Crippen molar-refractivity contribution < 1.29 is 19.1 Å². The van der Waals surface area contributed by atoms with E-state index in [0.717, 1.165) is 16.0 Å². The molecule has 8 nitrogen and oxygen atoms in total. The molecular formula is C20H20N4O4. The molecule has 144 valence electrons. The maximum absolute atomic E-state index is 13.1. The molecule has 1 fully saturated rings. The molecule has 8 heteroatoms. The highest BCUT2D eigenvalue weighted by molar-refractivity contribution is 5.97. The second-order valence-corrected chi connectivity index (χ2v) is 6.47. The van der Waals surface area contributed by atoms with Gasteiger partial charge >= 0.3 is 6.09 Å². The maximum atomic E-state index is 13.1. The molecule has 1 saturated heterocycles. The first-order valence-electron chi connectivity index (χ1n) is 8.77. The molecule has 1 heterocycles. The molecular weight excluding hydrogens is 360 g/mol. The molecule has 0 saturated carbocycles. The number of hydrogen-bond donors (Lipinski definition) is 0. The lowest BCUT2D eigenvalue weighted by atomic mass is 10.0. The maximum Gasteiger partial charge on any atom is 0.417 e. The number of benzene rings is 2. The number of aryl methyl sites for hydroxylation is 1. The van der Waals surface area contributed by atoms with Gasteiger partial charge < -0.3 is 9.47 Å². The molecule has 1 aliphatic heterocycles. The third-order valence-electron chi connectivity index (χ3n) is 4.65. The Kier molecular flexibility index (Phi) is 5.81. The molecule has 1 aliphatic rings. The third-order valence-corrected chi connectivity index (χ3v) is 4.65. The second-order valence-electron chi connectivity index (χ2n) is 6.47. The summed E-state index contributed by atoms with van der Waals surface area (Å²) >= 11 is 0. The lowest BCUT2D eigenvalue weighted by molar-refractivity contribution is -0.130. The predicted octanol–water partition coefficient (Wildman–Crippen LogP) is 3.95. The molecule has 0 radical (unpaired) electrons. The molecule has 0 unspecified atom stereocenters. The van der Waals surface area contributed by atoms with Gasteiger partial charge in [-0.1, -0.05) is 47.6 Å². The average Bonchev–Trinajstić information content (AvgIpc) is 3.06. The number of amides is 2. The minimum atomic E-state index is -1.17. The van der Waals surface area contributed by atoms with E-state index in [1.54, 1.807) is 25.3 Å². The number of hydrogen-bond acceptors (Lipinski definition) is 5. The number of carbonyl (C=O) groups excluding carboxylic acids is 2. The monoisotopic (exact) mass is 380 g/mol. The number of ether oxygens (including phenoxy) is 2. The van der Waals surface area contributed by atoms with Crippen molar-refractivity contribution in [1.82, 2.24) is 4.90 Å². The first-order chi connectivity index (χ1) is 13.5. The fraction of sp³-hybridized carbons (Fsp3) is 0.300. The summed E-state index contributed by atoms with van der Waals surface area (Å²) in [5.41, 5.74) is 11.2. The fourth-order valence-corrected chi connectivity index (χ4v) is 3.28. The molecule has 2 aromatic rings. The van der Waals surface area contributed by atoms with Crippen LogP contribution in [0.5, 0.6) is 5.75 Å². The van der Waals surface area contributed by atoms with Crippen LogP contribution in [0.25, 0.3) is 10.4 Å². The van der Waals surface area contributed by atoms with E-state index in [2.05, 4.69) is 10.0 Å². The van der Waals surface area contributed by atoms with Crippen molar-refractivity contribution in [3.05, 3.63) is 75.7 Å². The summed E-state index contributed by atoms with van der Waals surface area (Å²) in [6, 6.07) is 12.9. The smallest absolute Gasteiger partial charge is 0.417 e. The van der Waals surface area contributed by atoms with Crippen LogP contribution in [0.1, 0.15) is 22.7 Å². The molecule has 0 spiro atoms. The van der Waals surface area contributed by atoms with Crippen molar-refractivity contribution in [2.75, 3.05) is 13.7 Å². The zero-order chi connectivity index (χ0) is 20.1. The summed E-state index contributed by atoms with van der Waals surface area (Å²) in [7, 11) is 1.55. The zero-order valence-electron chi connectivity index (χ0n) is 15.6. The number of methoxy groups -OCH3 is 1. The number of rotatable bonds is 6. The third kappa shape index (κ3) is 3.92. The van der Waals surface area contributed by atoms with Crippen LogP contribution >= 0.6 is 0 Å². The molecule has 0 bridgehead atoms. The van der Waals surface area contributed by atoms with Gasteiger partial charge in [0.25, 0.3) is 0 Å². The second kappa shape index (κ2) is 8.45. The Morgan fingerprint density at radius 1 is 1.36 bits per heavy atom. The van der Waals surface area contributed by atoms with Crippen molar-refractivity contribution in [1.29, 1.82) is 0 Å². The van der Waals surface area contributed by atoms with Gasteiger partial charge in [-0.2, -0.15) is 0 Å². The van der Waals surface area contributed by atoms with Crippen LogP contribution in [0.2, 0.25) is 0 Å². The summed E-state index contributed by atoms with van der Waals surface area (Å²) in [5, 5.41) is 3.65. The molecule has 2 atom stereocenters. The lowest BCUT2D eigenvalue weighted by Crippen LogP contribution is -2.42. The predicted molar refractivity (Wildman–Crippen MR) is 102 cm³/mol. The van der Waals surface area contributed by atoms with E-state index < -0.39 is 24.1 Å². The number of cyclic esters (lactones) is 1. The van der Waals surface area contributed by atoms with Crippen LogP contribution in [0, 0.1) is 6.92 Å². The minimum Gasteiger partial charge on any atom is -0.496 e. The van der Waals surface area contributed by atoms with Crippen LogP contribution in [-0.4, -0.2) is 36.7 Å². The highest BCUT2D eigenvalue weighted by atomic mass is 16.6. The van der Waals surface area contributed by atoms with Crippen molar-refractivity contribution in [2.24, 2.45) is 5.11 Å². The fourth-order valence-electron chi connectivity index (χ4n) is 3.28. The lowest BCUT2D eigenvalue weighted by Gasteiger charge is -2.23. The van der Waals surface area contributed by atoms with Crippen LogP contribution < -0.4 is 4.74 Å². The first kappa shape index (κ1) is 19.3. The summed E-state index contributed by atoms with van der Waals surface area (Å²) in [5.74, 6) is 0.0456. The minimum absolute atomic E-state index is 0.101. The van der Waals surface area contributed by atoms with E-state index in [4.69, 9.17) is 15.0 Å². The Labute approximate surface area is 162 Å². The van der Waals surface area contributed by atoms with Crippen molar-refractivity contribution in [3.63, 3.8) is 0 Å². The van der Waals surface area contributed by atoms with Crippen LogP contribution in [0.4, 0.5) is 4.79 Å². The van der Waals surface area contributed by atoms with E-state index in [-0.39, 0.29) is 6.61 Å². The van der Waals surface area contributed by atoms with Gasteiger partial charge in [-0.15, -0.1) is 0 Å². The van der Waals surface area contributed by atoms with E-state index in [1.807, 2.05) is 37.3 Å². The Morgan fingerprint density at radius 3 is 2.75 bits per heavy atom. The van der Waals surface area contributed by atoms with Gasteiger partial charge in [0.2, 0.25) is 5.91 Å². The van der Waals surface area contributed by atoms with Gasteiger partial charge in [0.05, 0.1) is 13.2 Å². The Bertz CT molecular complexity index is 925. The number of nitrogens with zero attached hydrogens (tertiary/aromatic N) is 4. The topological polar surface area (TPSA) is 105 Å². The van der Waals surface area contributed by atoms with Gasteiger partial charge in [-0.3, -0.25) is 4.79 Å². The first-order valence-corrected chi connectivity index (χ1v) is 8.77. The van der Waals surface area contributed by atoms with E-state index in [0.29, 0.717) is 17.7 Å². The van der Waals surface area contributed by atoms with Gasteiger partial charge in [0.1, 0.15) is 18.4 Å². The molecule has 3 rings (SSSR count). The standard InChI is InChI=1S/C20H20N4O4/c1-13-10-15(8-9-17(13)27-2)18(22-23-21)19(25)24-16(12-28-20(24)26)11-14-6-4-3-5-7-14/h3-10,16,18H,11-12H2,1-2H3/t16-,18-/m1/s1. The molecule has 2 aromatic carbocycles. The van der Waals surface area contributed by atoms with Crippen LogP contribution in [-0.2, 0) is 16.0 Å². The Balaban J connectivity index is 1.89. The Morgan fingerprint density at radius 2 is 2.11 bits per heavy atom. The SMILES string of the molecule is COc1ccc([C@@H](N=[N+]=[N-])C(=O)N2C(=O)OC[C@H]2Cc2ccccc2)cc1C. The van der Waals surface area contributed by atoms with Gasteiger partial charge in [-0.05, 0) is 41.6 Å². The summed E-state index contributed by atoms with van der Waals surface area (Å²) in [6.45, 7) is 1.92. The molecule has 28 heavy (non-hydrogen) atoms. The molecule has 0 N–H and O–H groups in total. The van der Waals surface area contributed by atoms with Crippen LogP contribution in [0.3, 0.4) is 0 Å². The van der Waals surface area contributed by atoms with Gasteiger partial charge in [0, 0.05) is 4.91 Å². The van der Waals surface area contributed by atoms with Crippen molar-refractivity contribution in [3.8, 4) is 5.75 Å². The van der Waals surface area contributed by atoms with Gasteiger partial charge in [-0.25, -0.2) is 9.69 Å². The van der Waals surface area contributed by atoms with E-state index >= 15 is 0 Å². The summed E-state index contributed by atoms with van der Waals surface area (Å²) in [6.07, 6.45) is -0.266. The quantitative estimate of drug-likeness (QED) is 0.430. The molecule has 0 aliphatic carbocycles. The average molecular weight is 380 g/mol. The highest BCUT2D eigenvalue weighted by Crippen LogP contribution is 2.29. The normalized spacial score (nSPS) is 16.9. The summed E-state index contributed by atoms with van der Waals surface area (Å²) in [4.78, 5) is 29.3.